The summed E-state index contributed by atoms with van der Waals surface area (Å²) in [5, 5.41) is 0. The van der Waals surface area contributed by atoms with Crippen molar-refractivity contribution in [2.75, 3.05) is 19.8 Å². The molecular formula is C10H16N2O3. The second kappa shape index (κ2) is 6.19. The maximum Gasteiger partial charge on any atom is 0.254 e. The summed E-state index contributed by atoms with van der Waals surface area (Å²) in [5.41, 5.74) is -0.219. The van der Waals surface area contributed by atoms with Gasteiger partial charge in [0.15, 0.2) is 0 Å². The number of hydrogen-bond donors (Lipinski definition) is 1. The van der Waals surface area contributed by atoms with Crippen molar-refractivity contribution in [3.05, 3.63) is 22.7 Å². The van der Waals surface area contributed by atoms with Crippen LogP contribution in [0.2, 0.25) is 0 Å². The Balaban J connectivity index is 2.18. The fourth-order valence-corrected chi connectivity index (χ4v) is 0.954. The Morgan fingerprint density at radius 2 is 2.27 bits per heavy atom. The molecule has 0 amide bonds. The third-order valence-electron chi connectivity index (χ3n) is 1.58. The molecule has 1 aromatic rings. The van der Waals surface area contributed by atoms with Crippen LogP contribution in [-0.2, 0) is 4.74 Å². The molecule has 1 heterocycles. The molecule has 5 nitrogen and oxygen atoms in total. The average molecular weight is 212 g/mol. The van der Waals surface area contributed by atoms with Crippen LogP contribution in [0, 0.1) is 5.92 Å². The number of nitrogens with zero attached hydrogens (tertiary/aromatic N) is 1. The third kappa shape index (κ3) is 5.17. The van der Waals surface area contributed by atoms with E-state index in [1.54, 1.807) is 0 Å². The summed E-state index contributed by atoms with van der Waals surface area (Å²) in [6.07, 6.45) is 1.31. The maximum atomic E-state index is 10.9. The van der Waals surface area contributed by atoms with E-state index in [2.05, 4.69) is 23.8 Å². The molecule has 0 aliphatic rings. The lowest BCUT2D eigenvalue weighted by Gasteiger charge is -2.07. The van der Waals surface area contributed by atoms with Gasteiger partial charge >= 0.3 is 0 Å². The van der Waals surface area contributed by atoms with E-state index >= 15 is 0 Å². The highest BCUT2D eigenvalue weighted by Crippen LogP contribution is 1.98. The highest BCUT2D eigenvalue weighted by molar-refractivity contribution is 5.04. The topological polar surface area (TPSA) is 64.2 Å². The molecule has 0 bridgehead atoms. The molecule has 15 heavy (non-hydrogen) atoms. The van der Waals surface area contributed by atoms with E-state index in [-0.39, 0.29) is 5.56 Å². The van der Waals surface area contributed by atoms with Crippen LogP contribution in [0.1, 0.15) is 13.8 Å². The minimum Gasteiger partial charge on any atom is -0.475 e. The van der Waals surface area contributed by atoms with Gasteiger partial charge in [-0.25, -0.2) is 4.98 Å². The lowest BCUT2D eigenvalue weighted by molar-refractivity contribution is 0.0805. The number of aromatic nitrogens is 2. The van der Waals surface area contributed by atoms with Crippen molar-refractivity contribution >= 4 is 0 Å². The van der Waals surface area contributed by atoms with Crippen LogP contribution in [0.25, 0.3) is 0 Å². The Morgan fingerprint density at radius 3 is 2.93 bits per heavy atom. The Bertz CT molecular complexity index is 335. The quantitative estimate of drug-likeness (QED) is 0.709. The lowest BCUT2D eigenvalue weighted by atomic mass is 10.2. The predicted octanol–water partition coefficient (Wildman–Crippen LogP) is 0.821. The van der Waals surface area contributed by atoms with Gasteiger partial charge in [-0.1, -0.05) is 13.8 Å². The van der Waals surface area contributed by atoms with Gasteiger partial charge in [-0.15, -0.1) is 0 Å². The van der Waals surface area contributed by atoms with E-state index in [9.17, 15) is 4.79 Å². The summed E-state index contributed by atoms with van der Waals surface area (Å²) in [7, 11) is 0. The molecule has 0 aromatic carbocycles. The van der Waals surface area contributed by atoms with Gasteiger partial charge in [0.1, 0.15) is 6.61 Å². The van der Waals surface area contributed by atoms with Gasteiger partial charge in [0.2, 0.25) is 5.88 Å². The van der Waals surface area contributed by atoms with E-state index in [1.165, 1.54) is 12.4 Å². The zero-order valence-electron chi connectivity index (χ0n) is 9.03. The molecule has 0 atom stereocenters. The Hall–Kier alpha value is -1.36. The zero-order valence-corrected chi connectivity index (χ0v) is 9.03. The van der Waals surface area contributed by atoms with Crippen molar-refractivity contribution in [1.29, 1.82) is 0 Å². The zero-order chi connectivity index (χ0) is 11.1. The molecule has 1 rings (SSSR count). The molecule has 84 valence electrons. The summed E-state index contributed by atoms with van der Waals surface area (Å²) in [4.78, 5) is 17.1. The summed E-state index contributed by atoms with van der Waals surface area (Å²) < 4.78 is 10.5. The summed E-state index contributed by atoms with van der Waals surface area (Å²) in [6.45, 7) is 5.79. The minimum absolute atomic E-state index is 0.219. The normalized spacial score (nSPS) is 10.6. The molecule has 0 fully saturated rings. The number of hydrogen-bond acceptors (Lipinski definition) is 4. The van der Waals surface area contributed by atoms with Crippen molar-refractivity contribution in [2.45, 2.75) is 13.8 Å². The molecule has 5 heteroatoms. The van der Waals surface area contributed by atoms with Gasteiger partial charge in [-0.3, -0.25) is 4.79 Å². The van der Waals surface area contributed by atoms with Crippen LogP contribution in [0.15, 0.2) is 17.2 Å². The van der Waals surface area contributed by atoms with Crippen LogP contribution in [0.4, 0.5) is 0 Å². The minimum atomic E-state index is -0.219. The molecular weight excluding hydrogens is 196 g/mol. The van der Waals surface area contributed by atoms with Gasteiger partial charge in [-0.2, -0.15) is 0 Å². The van der Waals surface area contributed by atoms with Crippen molar-refractivity contribution < 1.29 is 9.47 Å². The van der Waals surface area contributed by atoms with Crippen LogP contribution in [0.3, 0.4) is 0 Å². The number of aromatic amines is 1. The maximum absolute atomic E-state index is 10.9. The molecule has 0 aliphatic carbocycles. The first kappa shape index (κ1) is 11.7. The first-order valence-electron chi connectivity index (χ1n) is 4.94. The SMILES string of the molecule is CC(C)COCCOc1cc(=O)[nH]cn1. The molecule has 1 aromatic heterocycles. The lowest BCUT2D eigenvalue weighted by Crippen LogP contribution is -2.12. The average Bonchev–Trinajstić information content (AvgIpc) is 2.17. The van der Waals surface area contributed by atoms with Gasteiger partial charge < -0.3 is 14.5 Å². The second-order valence-corrected chi connectivity index (χ2v) is 3.57. The smallest absolute Gasteiger partial charge is 0.254 e. The molecule has 0 saturated heterocycles. The van der Waals surface area contributed by atoms with Crippen LogP contribution >= 0.6 is 0 Å². The molecule has 0 saturated carbocycles. The number of ether oxygens (including phenoxy) is 2. The Morgan fingerprint density at radius 1 is 1.47 bits per heavy atom. The first-order valence-corrected chi connectivity index (χ1v) is 4.94. The molecule has 1 N–H and O–H groups in total. The molecule has 0 aliphatic heterocycles. The van der Waals surface area contributed by atoms with E-state index in [0.29, 0.717) is 31.6 Å². The third-order valence-corrected chi connectivity index (χ3v) is 1.58. The Labute approximate surface area is 88.4 Å². The van der Waals surface area contributed by atoms with Crippen LogP contribution < -0.4 is 10.3 Å². The van der Waals surface area contributed by atoms with Crippen molar-refractivity contribution in [1.82, 2.24) is 9.97 Å². The van der Waals surface area contributed by atoms with Crippen molar-refractivity contribution in [3.63, 3.8) is 0 Å². The van der Waals surface area contributed by atoms with Gasteiger partial charge in [-0.05, 0) is 5.92 Å². The van der Waals surface area contributed by atoms with Crippen molar-refractivity contribution in [3.8, 4) is 5.88 Å². The predicted molar refractivity (Wildman–Crippen MR) is 56.0 cm³/mol. The molecule has 0 radical (unpaired) electrons. The monoisotopic (exact) mass is 212 g/mol. The van der Waals surface area contributed by atoms with Gasteiger partial charge in [0.25, 0.3) is 5.56 Å². The van der Waals surface area contributed by atoms with E-state index < -0.39 is 0 Å². The second-order valence-electron chi connectivity index (χ2n) is 3.57. The highest BCUT2D eigenvalue weighted by atomic mass is 16.5. The fourth-order valence-electron chi connectivity index (χ4n) is 0.954. The van der Waals surface area contributed by atoms with Crippen molar-refractivity contribution in [2.24, 2.45) is 5.92 Å². The van der Waals surface area contributed by atoms with Gasteiger partial charge in [0, 0.05) is 6.61 Å². The van der Waals surface area contributed by atoms with Gasteiger partial charge in [0.05, 0.1) is 19.0 Å². The largest absolute Gasteiger partial charge is 0.475 e. The standard InChI is InChI=1S/C10H16N2O3/c1-8(2)6-14-3-4-15-10-5-9(13)11-7-12-10/h5,7-8H,3-4,6H2,1-2H3,(H,11,12,13). The first-order chi connectivity index (χ1) is 7.18. The van der Waals surface area contributed by atoms with E-state index in [0.717, 1.165) is 0 Å². The number of rotatable bonds is 6. The molecule has 0 spiro atoms. The fraction of sp³-hybridized carbons (Fsp3) is 0.600. The molecule has 0 unspecified atom stereocenters. The highest BCUT2D eigenvalue weighted by Gasteiger charge is 1.97. The number of H-pyrrole nitrogens is 1. The number of nitrogens with one attached hydrogen (secondary N) is 1. The van der Waals surface area contributed by atoms with E-state index in [1.807, 2.05) is 0 Å². The Kier molecular flexibility index (Phi) is 4.83. The van der Waals surface area contributed by atoms with Crippen LogP contribution in [-0.4, -0.2) is 29.8 Å². The van der Waals surface area contributed by atoms with Crippen LogP contribution in [0.5, 0.6) is 5.88 Å². The summed E-state index contributed by atoms with van der Waals surface area (Å²) >= 11 is 0. The summed E-state index contributed by atoms with van der Waals surface area (Å²) in [5.74, 6) is 0.842. The van der Waals surface area contributed by atoms with E-state index in [4.69, 9.17) is 9.47 Å². The summed E-state index contributed by atoms with van der Waals surface area (Å²) in [6, 6.07) is 1.31.